The van der Waals surface area contributed by atoms with Crippen molar-refractivity contribution < 1.29 is 47.5 Å². The van der Waals surface area contributed by atoms with Gasteiger partial charge in [-0.05, 0) is 78.7 Å². The quantitative estimate of drug-likeness (QED) is 0.0538. The Bertz CT molecular complexity index is 3490. The number of halogens is 1. The van der Waals surface area contributed by atoms with Gasteiger partial charge in [-0.1, -0.05) is 197 Å². The highest BCUT2D eigenvalue weighted by atomic mass is 35.5. The molecule has 11 heteroatoms. The normalized spacial score (nSPS) is 14.4. The van der Waals surface area contributed by atoms with Crippen LogP contribution in [0, 0.1) is 46.9 Å². The monoisotopic (exact) mass is 1160 g/mol. The van der Waals surface area contributed by atoms with Gasteiger partial charge < -0.3 is 37.9 Å². The number of rotatable bonds is 11. The van der Waals surface area contributed by atoms with E-state index in [1.54, 1.807) is 75.9 Å². The molecule has 85 heavy (non-hydrogen) atoms. The number of ether oxygens (including phenoxy) is 8. The van der Waals surface area contributed by atoms with Gasteiger partial charge in [-0.2, -0.15) is 0 Å². The summed E-state index contributed by atoms with van der Waals surface area (Å²) >= 11 is 5.63. The minimum absolute atomic E-state index is 0.0417. The van der Waals surface area contributed by atoms with E-state index in [0.29, 0.717) is 48.1 Å². The van der Waals surface area contributed by atoms with Crippen LogP contribution in [0.15, 0.2) is 218 Å². The van der Waals surface area contributed by atoms with Crippen molar-refractivity contribution in [3.8, 4) is 59.0 Å². The lowest BCUT2D eigenvalue weighted by molar-refractivity contribution is -0.286. The van der Waals surface area contributed by atoms with Gasteiger partial charge in [0.25, 0.3) is 17.4 Å². The summed E-state index contributed by atoms with van der Waals surface area (Å²) in [5.41, 5.74) is 6.24. The molecular weight excluding hydrogens is 1080 g/mol. The molecule has 2 heterocycles. The third-order valence-electron chi connectivity index (χ3n) is 13.0. The molecule has 10 rings (SSSR count). The topological polar surface area (TPSA) is 108 Å². The lowest BCUT2D eigenvalue weighted by atomic mass is 9.89. The molecule has 2 fully saturated rings. The van der Waals surface area contributed by atoms with E-state index >= 15 is 0 Å². The van der Waals surface area contributed by atoms with Crippen molar-refractivity contribution in [2.75, 3.05) is 54.9 Å². The number of carbonyl (C=O) groups excluding carboxylic acids is 2. The molecule has 0 amide bonds. The van der Waals surface area contributed by atoms with Crippen LogP contribution >= 0.6 is 11.6 Å². The zero-order valence-corrected chi connectivity index (χ0v) is 50.3. The molecule has 2 aliphatic rings. The zero-order chi connectivity index (χ0) is 61.0. The Hall–Kier alpha value is -8.89. The predicted octanol–water partition coefficient (Wildman–Crippen LogP) is 14.7. The molecule has 2 saturated heterocycles. The molecule has 0 unspecified atom stereocenters. The first-order valence-electron chi connectivity index (χ1n) is 27.6. The largest absolute Gasteiger partial charge is 0.496 e. The Kier molecular flexibility index (Phi) is 25.2. The molecule has 0 radical (unpaired) electrons. The van der Waals surface area contributed by atoms with Crippen molar-refractivity contribution in [2.24, 2.45) is 10.8 Å². The predicted molar refractivity (Wildman–Crippen MR) is 337 cm³/mol. The lowest BCUT2D eigenvalue weighted by Gasteiger charge is -2.42. The Labute approximate surface area is 507 Å². The molecule has 8 aromatic rings. The average Bonchev–Trinajstić information content (AvgIpc) is 3.74. The summed E-state index contributed by atoms with van der Waals surface area (Å²) in [6.45, 7) is 9.86. The fourth-order valence-electron chi connectivity index (χ4n) is 8.40. The average molecular weight is 1160 g/mol. The van der Waals surface area contributed by atoms with Gasteiger partial charge in [-0.15, -0.1) is 18.0 Å². The van der Waals surface area contributed by atoms with Crippen LogP contribution in [0.5, 0.6) is 23.0 Å². The molecule has 8 aromatic carbocycles. The molecule has 10 nitrogen and oxygen atoms in total. The first kappa shape index (κ1) is 65.3. The van der Waals surface area contributed by atoms with Crippen molar-refractivity contribution >= 4 is 23.2 Å². The SMILES string of the molecule is C#Cc1ccccc1.COc1ccccc1C1(C#Cc2ccccc2)OCC(C)(C)CO1.COc1ccccc1C1(C(=O)C(=O)c2ccccc2)OCC(C)(C)CO1.COc1ccccc1CC#Cc1ccccc1.COc1ccccc1CCl. The molecule has 0 N–H and O–H groups in total. The fraction of sp³-hybridized carbons (Fsp3) is 0.243. The van der Waals surface area contributed by atoms with Gasteiger partial charge >= 0.3 is 0 Å². The van der Waals surface area contributed by atoms with E-state index in [4.69, 9.17) is 55.9 Å². The van der Waals surface area contributed by atoms with E-state index in [1.807, 2.05) is 178 Å². The number of terminal acetylenes is 1. The number of methoxy groups -OCH3 is 4. The van der Waals surface area contributed by atoms with E-state index in [-0.39, 0.29) is 24.0 Å². The summed E-state index contributed by atoms with van der Waals surface area (Å²) in [6, 6.07) is 68.2. The zero-order valence-electron chi connectivity index (χ0n) is 49.6. The minimum Gasteiger partial charge on any atom is -0.496 e. The maximum atomic E-state index is 13.2. The van der Waals surface area contributed by atoms with Crippen LogP contribution in [0.1, 0.15) is 77.0 Å². The molecular formula is C74H73ClO10. The molecule has 0 aromatic heterocycles. The highest BCUT2D eigenvalue weighted by molar-refractivity contribution is 6.46. The smallest absolute Gasteiger partial charge is 0.268 e. The number of ketones is 2. The van der Waals surface area contributed by atoms with E-state index in [1.165, 1.54) is 7.11 Å². The van der Waals surface area contributed by atoms with E-state index < -0.39 is 23.1 Å². The van der Waals surface area contributed by atoms with Crippen LogP contribution in [-0.2, 0) is 47.6 Å². The third kappa shape index (κ3) is 19.1. The van der Waals surface area contributed by atoms with E-state index in [0.717, 1.165) is 44.9 Å². The Morgan fingerprint density at radius 2 is 0.835 bits per heavy atom. The molecule has 0 bridgehead atoms. The summed E-state index contributed by atoms with van der Waals surface area (Å²) in [5.74, 6) is 14.3. The number of alkyl halides is 1. The highest BCUT2D eigenvalue weighted by Gasteiger charge is 2.52. The number of carbonyl (C=O) groups is 2. The maximum absolute atomic E-state index is 13.2. The van der Waals surface area contributed by atoms with Crippen LogP contribution in [-0.4, -0.2) is 66.4 Å². The van der Waals surface area contributed by atoms with E-state index in [9.17, 15) is 9.59 Å². The molecule has 0 saturated carbocycles. The van der Waals surface area contributed by atoms with E-state index in [2.05, 4.69) is 43.4 Å². The second-order valence-corrected chi connectivity index (χ2v) is 21.1. The summed E-state index contributed by atoms with van der Waals surface area (Å²) in [5, 5.41) is 0. The fourth-order valence-corrected chi connectivity index (χ4v) is 8.62. The van der Waals surface area contributed by atoms with Crippen LogP contribution in [0.3, 0.4) is 0 Å². The minimum atomic E-state index is -1.81. The van der Waals surface area contributed by atoms with Crippen molar-refractivity contribution in [1.82, 2.24) is 0 Å². The van der Waals surface area contributed by atoms with Crippen molar-refractivity contribution in [2.45, 2.75) is 51.6 Å². The van der Waals surface area contributed by atoms with Gasteiger partial charge in [0.05, 0.1) is 71.9 Å². The third-order valence-corrected chi connectivity index (χ3v) is 13.3. The van der Waals surface area contributed by atoms with Crippen LogP contribution < -0.4 is 18.9 Å². The summed E-state index contributed by atoms with van der Waals surface area (Å²) in [6.07, 6.45) is 5.81. The van der Waals surface area contributed by atoms with Crippen LogP contribution in [0.4, 0.5) is 0 Å². The van der Waals surface area contributed by atoms with Gasteiger partial charge in [0.15, 0.2) is 0 Å². The van der Waals surface area contributed by atoms with Gasteiger partial charge in [0, 0.05) is 50.6 Å². The number of benzene rings is 8. The van der Waals surface area contributed by atoms with Gasteiger partial charge in [-0.25, -0.2) is 0 Å². The molecule has 0 aliphatic carbocycles. The van der Waals surface area contributed by atoms with Gasteiger partial charge in [0.1, 0.15) is 23.0 Å². The number of hydrogen-bond donors (Lipinski definition) is 0. The molecule has 2 aliphatic heterocycles. The van der Waals surface area contributed by atoms with Crippen LogP contribution in [0.25, 0.3) is 0 Å². The molecule has 0 atom stereocenters. The Morgan fingerprint density at radius 3 is 1.29 bits per heavy atom. The second-order valence-electron chi connectivity index (χ2n) is 20.9. The number of Topliss-reactive ketones (excluding diaryl/α,β-unsaturated/α-hetero) is 2. The van der Waals surface area contributed by atoms with Crippen molar-refractivity contribution in [1.29, 1.82) is 0 Å². The first-order valence-corrected chi connectivity index (χ1v) is 28.1. The summed E-state index contributed by atoms with van der Waals surface area (Å²) in [4.78, 5) is 26.1. The second kappa shape index (κ2) is 32.8. The first-order chi connectivity index (χ1) is 41.2. The Balaban J connectivity index is 0.000000180. The van der Waals surface area contributed by atoms with Gasteiger partial charge in [0.2, 0.25) is 5.78 Å². The standard InChI is InChI=1S/C21H22O5.C21H22O3.C16H14O.C8H9ClO.C8H6/c1-20(2)13-25-21(26-14-20,16-11-7-8-12-17(16)24-3)19(23)18(22)15-9-5-4-6-10-15;1-20(2)15-23-21(24-16-20,14-13-17-9-5-4-6-10-17)18-11-7-8-12-19(18)22-3;1-17-16-13-6-5-11-15(16)12-7-10-14-8-3-2-4-9-14;1-10-8-5-3-2-4-7(8)6-9;1-2-8-6-4-3-5-7-8/h4-12H,13-14H2,1-3H3;4-12H,15-16H2,1-3H3;2-6,8-9,11,13H,12H2,1H3;2-5H,6H2,1H3;1,3-7H. The summed E-state index contributed by atoms with van der Waals surface area (Å²) in [7, 11) is 6.47. The van der Waals surface area contributed by atoms with Crippen LogP contribution in [0.2, 0.25) is 0 Å². The maximum Gasteiger partial charge on any atom is 0.268 e. The van der Waals surface area contributed by atoms with Gasteiger partial charge in [-0.3, -0.25) is 9.59 Å². The number of hydrogen-bond acceptors (Lipinski definition) is 10. The Morgan fingerprint density at radius 1 is 0.459 bits per heavy atom. The highest BCUT2D eigenvalue weighted by Crippen LogP contribution is 2.43. The van der Waals surface area contributed by atoms with Crippen molar-refractivity contribution in [3.05, 3.63) is 263 Å². The molecule has 0 spiro atoms. The van der Waals surface area contributed by atoms with Crippen molar-refractivity contribution in [3.63, 3.8) is 0 Å². The summed E-state index contributed by atoms with van der Waals surface area (Å²) < 4.78 is 45.4. The number of para-hydroxylation sites is 4. The molecule has 436 valence electrons. The lowest BCUT2D eigenvalue weighted by Crippen LogP contribution is -2.52.